The molecule has 1 saturated carbocycles. The Balaban J connectivity index is 1.52. The maximum absolute atomic E-state index is 14.5. The van der Waals surface area contributed by atoms with Gasteiger partial charge < -0.3 is 25.8 Å². The number of fused-ring (bicyclic) bond motifs is 2. The van der Waals surface area contributed by atoms with Crippen LogP contribution in [0.2, 0.25) is 0 Å². The normalized spacial score (nSPS) is 22.1. The molecule has 2 aliphatic heterocycles. The number of hydrogen-bond acceptors (Lipinski definition) is 6. The number of carbonyl (C=O) groups is 6. The molecule has 1 aromatic rings. The average molecular weight is 702 g/mol. The highest BCUT2D eigenvalue weighted by Crippen LogP contribution is 2.65. The molecular formula is C40H55N5O6. The van der Waals surface area contributed by atoms with Gasteiger partial charge in [-0.25, -0.2) is 0 Å². The molecule has 3 N–H and O–H groups in total. The number of ketones is 1. The lowest BCUT2D eigenvalue weighted by Crippen LogP contribution is -2.57. The minimum absolute atomic E-state index is 0.0646. The van der Waals surface area contributed by atoms with E-state index in [9.17, 15) is 28.8 Å². The second kappa shape index (κ2) is 15.0. The van der Waals surface area contributed by atoms with Gasteiger partial charge in [-0.1, -0.05) is 79.7 Å². The highest BCUT2D eigenvalue weighted by Gasteiger charge is 2.69. The van der Waals surface area contributed by atoms with Crippen LogP contribution in [0.3, 0.4) is 0 Å². The Morgan fingerprint density at radius 3 is 2.31 bits per heavy atom. The van der Waals surface area contributed by atoms with Crippen molar-refractivity contribution in [2.75, 3.05) is 19.6 Å². The second-order valence-corrected chi connectivity index (χ2v) is 17.0. The number of terminal acetylenes is 1. The Morgan fingerprint density at radius 2 is 1.73 bits per heavy atom. The number of hydrogen-bond donors (Lipinski definition) is 3. The molecule has 0 radical (unpaired) electrons. The van der Waals surface area contributed by atoms with Crippen LogP contribution in [0.4, 0.5) is 0 Å². The van der Waals surface area contributed by atoms with E-state index in [1.54, 1.807) is 9.80 Å². The van der Waals surface area contributed by atoms with E-state index in [1.807, 2.05) is 65.8 Å². The molecule has 1 unspecified atom stereocenters. The number of rotatable bonds is 14. The van der Waals surface area contributed by atoms with E-state index in [0.29, 0.717) is 25.2 Å². The summed E-state index contributed by atoms with van der Waals surface area (Å²) in [4.78, 5) is 84.5. The first-order valence-corrected chi connectivity index (χ1v) is 17.9. The summed E-state index contributed by atoms with van der Waals surface area (Å²) in [6.07, 6.45) is 7.01. The zero-order chi connectivity index (χ0) is 38.1. The number of nitrogens with one attached hydrogen (secondary N) is 3. The summed E-state index contributed by atoms with van der Waals surface area (Å²) in [6, 6.07) is 5.06. The van der Waals surface area contributed by atoms with Gasteiger partial charge in [-0.15, -0.1) is 18.9 Å². The first kappa shape index (κ1) is 39.3. The lowest BCUT2D eigenvalue weighted by molar-refractivity contribution is -0.149. The van der Waals surface area contributed by atoms with Gasteiger partial charge >= 0.3 is 0 Å². The molecule has 276 valence electrons. The van der Waals surface area contributed by atoms with Crippen LogP contribution in [-0.2, 0) is 30.5 Å². The summed E-state index contributed by atoms with van der Waals surface area (Å²) in [5, 5.41) is 8.36. The van der Waals surface area contributed by atoms with Gasteiger partial charge in [-0.3, -0.25) is 28.8 Å². The highest BCUT2D eigenvalue weighted by molar-refractivity contribution is 6.38. The molecule has 1 aliphatic carbocycles. The van der Waals surface area contributed by atoms with Crippen molar-refractivity contribution in [2.45, 2.75) is 99.3 Å². The van der Waals surface area contributed by atoms with Gasteiger partial charge in [-0.05, 0) is 46.1 Å². The van der Waals surface area contributed by atoms with Gasteiger partial charge in [0.05, 0.1) is 18.0 Å². The molecule has 51 heavy (non-hydrogen) atoms. The van der Waals surface area contributed by atoms with Crippen molar-refractivity contribution in [3.05, 3.63) is 48.0 Å². The summed E-state index contributed by atoms with van der Waals surface area (Å²) in [6.45, 7) is 20.6. The van der Waals surface area contributed by atoms with Crippen LogP contribution in [0, 0.1) is 46.3 Å². The maximum atomic E-state index is 14.5. The monoisotopic (exact) mass is 701 g/mol. The van der Waals surface area contributed by atoms with Crippen LogP contribution in [0.25, 0.3) is 0 Å². The third-order valence-electron chi connectivity index (χ3n) is 11.0. The number of carbonyl (C=O) groups excluding carboxylic acids is 6. The summed E-state index contributed by atoms with van der Waals surface area (Å²) in [5.74, 6) is -1.29. The first-order valence-electron chi connectivity index (χ1n) is 17.9. The van der Waals surface area contributed by atoms with Gasteiger partial charge in [0, 0.05) is 44.6 Å². The molecule has 5 amide bonds. The molecular weight excluding hydrogens is 646 g/mol. The van der Waals surface area contributed by atoms with E-state index in [-0.39, 0.29) is 66.8 Å². The maximum Gasteiger partial charge on any atom is 0.289 e. The van der Waals surface area contributed by atoms with Crippen LogP contribution in [-0.4, -0.2) is 82.9 Å². The van der Waals surface area contributed by atoms with E-state index in [0.717, 1.165) is 5.56 Å². The van der Waals surface area contributed by atoms with Crippen molar-refractivity contribution in [2.24, 2.45) is 34.0 Å². The third-order valence-corrected chi connectivity index (χ3v) is 11.0. The van der Waals surface area contributed by atoms with Crippen molar-refractivity contribution in [3.8, 4) is 12.3 Å². The van der Waals surface area contributed by atoms with E-state index in [1.165, 1.54) is 6.08 Å². The van der Waals surface area contributed by atoms with Crippen LogP contribution < -0.4 is 16.0 Å². The highest BCUT2D eigenvalue weighted by atomic mass is 16.2. The third kappa shape index (κ3) is 8.54. The summed E-state index contributed by atoms with van der Waals surface area (Å²) in [7, 11) is 0. The summed E-state index contributed by atoms with van der Waals surface area (Å²) >= 11 is 0. The molecule has 11 heteroatoms. The molecule has 11 nitrogen and oxygen atoms in total. The fraction of sp³-hybridized carbons (Fsp3) is 0.600. The number of likely N-dealkylation sites (tertiary alicyclic amines) is 1. The number of nitrogens with zero attached hydrogens (tertiary/aromatic N) is 2. The summed E-state index contributed by atoms with van der Waals surface area (Å²) in [5.41, 5.74) is 0.374. The predicted molar refractivity (Wildman–Crippen MR) is 195 cm³/mol. The smallest absolute Gasteiger partial charge is 0.289 e. The fourth-order valence-electron chi connectivity index (χ4n) is 7.60. The molecule has 1 saturated heterocycles. The van der Waals surface area contributed by atoms with Crippen LogP contribution in [0.5, 0.6) is 0 Å². The molecule has 0 aromatic heterocycles. The van der Waals surface area contributed by atoms with Gasteiger partial charge in [0.25, 0.3) is 11.8 Å². The second-order valence-electron chi connectivity index (χ2n) is 17.0. The molecule has 2 heterocycles. The Bertz CT molecular complexity index is 1610. The molecule has 0 spiro atoms. The van der Waals surface area contributed by atoms with Crippen molar-refractivity contribution >= 4 is 35.3 Å². The lowest BCUT2D eigenvalue weighted by atomic mass is 9.77. The van der Waals surface area contributed by atoms with Gasteiger partial charge in [0.15, 0.2) is 0 Å². The number of amides is 5. The van der Waals surface area contributed by atoms with E-state index in [4.69, 9.17) is 6.42 Å². The summed E-state index contributed by atoms with van der Waals surface area (Å²) < 4.78 is 0. The van der Waals surface area contributed by atoms with Gasteiger partial charge in [0.2, 0.25) is 23.5 Å². The topological polar surface area (TPSA) is 145 Å². The van der Waals surface area contributed by atoms with E-state index in [2.05, 4.69) is 42.3 Å². The molecule has 6 atom stereocenters. The van der Waals surface area contributed by atoms with Crippen molar-refractivity contribution in [1.82, 2.24) is 25.8 Å². The average Bonchev–Trinajstić information content (AvgIpc) is 3.34. The SMILES string of the molecule is C#CCCC(NC(=O)[C@@H]1[C@@H]2[C@H](CN1C(=O)[C@@H](CC(=O)N[C@H](CN1Cc3ccccc3C1=O)C(C)(C)C)C(C)(C)C)C2(C)C)C(=O)C(=O)NCC=C. The van der Waals surface area contributed by atoms with E-state index < -0.39 is 46.4 Å². The molecule has 4 rings (SSSR count). The minimum atomic E-state index is -1.16. The zero-order valence-electron chi connectivity index (χ0n) is 31.4. The Hall–Kier alpha value is -4.46. The van der Waals surface area contributed by atoms with Gasteiger partial charge in [0.1, 0.15) is 6.04 Å². The predicted octanol–water partition coefficient (Wildman–Crippen LogP) is 3.48. The van der Waals surface area contributed by atoms with Crippen LogP contribution >= 0.6 is 0 Å². The molecule has 0 bridgehead atoms. The van der Waals surface area contributed by atoms with Crippen LogP contribution in [0.1, 0.15) is 90.6 Å². The Labute approximate surface area is 302 Å². The van der Waals surface area contributed by atoms with Crippen molar-refractivity contribution < 1.29 is 28.8 Å². The first-order chi connectivity index (χ1) is 23.7. The van der Waals surface area contributed by atoms with Gasteiger partial charge in [-0.2, -0.15) is 0 Å². The van der Waals surface area contributed by atoms with Crippen molar-refractivity contribution in [1.29, 1.82) is 0 Å². The minimum Gasteiger partial charge on any atom is -0.351 e. The van der Waals surface area contributed by atoms with Crippen LogP contribution in [0.15, 0.2) is 36.9 Å². The molecule has 3 aliphatic rings. The Morgan fingerprint density at radius 1 is 1.06 bits per heavy atom. The van der Waals surface area contributed by atoms with E-state index >= 15 is 0 Å². The molecule has 2 fully saturated rings. The quantitative estimate of drug-likeness (QED) is 0.154. The fourth-order valence-corrected chi connectivity index (χ4v) is 7.60. The van der Waals surface area contributed by atoms with Crippen molar-refractivity contribution in [3.63, 3.8) is 0 Å². The molecule has 1 aromatic carbocycles. The number of benzene rings is 1. The number of Topliss-reactive ketones (excluding diaryl/α,β-unsaturated/α-hetero) is 1. The standard InChI is InChI=1S/C40H55N5O6/c1-11-13-18-28(33(47)35(49)41-19-12-2)42-34(48)32-31-27(40(31,9)10)22-45(32)37(51)26(38(3,4)5)20-30(46)43-29(39(6,7)8)23-44-21-24-16-14-15-17-25(24)36(44)50/h1,12,14-17,26-29,31-32H,2,13,18-23H2,3-10H3,(H,41,49)(H,42,48)(H,43,46)/t26-,27+,28?,29-,31+,32+/m1/s1. The lowest BCUT2D eigenvalue weighted by Gasteiger charge is -2.38. The zero-order valence-corrected chi connectivity index (χ0v) is 31.4. The largest absolute Gasteiger partial charge is 0.351 e. The Kier molecular flexibility index (Phi) is 11.6. The number of piperidine rings is 1.